The number of rotatable bonds is 5. The van der Waals surface area contributed by atoms with Crippen LogP contribution in [-0.4, -0.2) is 60.5 Å². The molecule has 1 atom stereocenters. The van der Waals surface area contributed by atoms with Crippen LogP contribution < -0.4 is 5.32 Å². The van der Waals surface area contributed by atoms with Crippen molar-refractivity contribution in [1.29, 1.82) is 0 Å². The van der Waals surface area contributed by atoms with Crippen LogP contribution in [0, 0.1) is 12.8 Å². The molecule has 2 saturated heterocycles. The van der Waals surface area contributed by atoms with Crippen molar-refractivity contribution in [3.05, 3.63) is 41.8 Å². The average Bonchev–Trinajstić information content (AvgIpc) is 3.46. The summed E-state index contributed by atoms with van der Waals surface area (Å²) in [7, 11) is 1.86. The molecular formula is C22H32IN5O. The highest BCUT2D eigenvalue weighted by atomic mass is 127. The van der Waals surface area contributed by atoms with Crippen LogP contribution in [0.15, 0.2) is 39.9 Å². The molecule has 0 saturated carbocycles. The number of halogens is 1. The van der Waals surface area contributed by atoms with E-state index in [0.29, 0.717) is 12.4 Å². The van der Waals surface area contributed by atoms with E-state index in [-0.39, 0.29) is 24.0 Å². The lowest BCUT2D eigenvalue weighted by Crippen LogP contribution is -2.40. The molecule has 1 unspecified atom stereocenters. The molecule has 0 radical (unpaired) electrons. The maximum Gasteiger partial charge on any atom is 0.226 e. The summed E-state index contributed by atoms with van der Waals surface area (Å²) in [6.45, 7) is 8.65. The highest BCUT2D eigenvalue weighted by Gasteiger charge is 2.27. The largest absolute Gasteiger partial charge is 0.444 e. The molecule has 2 fully saturated rings. The lowest BCUT2D eigenvalue weighted by Gasteiger charge is -2.23. The van der Waals surface area contributed by atoms with Crippen LogP contribution in [0.1, 0.15) is 30.5 Å². The molecule has 2 aliphatic rings. The second-order valence-electron chi connectivity index (χ2n) is 8.02. The number of aryl methyl sites for hydroxylation is 1. The Bertz CT molecular complexity index is 798. The number of oxazole rings is 1. The van der Waals surface area contributed by atoms with E-state index in [1.54, 1.807) is 6.26 Å². The second kappa shape index (κ2) is 10.4. The van der Waals surface area contributed by atoms with Crippen LogP contribution in [0.4, 0.5) is 0 Å². The predicted octanol–water partition coefficient (Wildman–Crippen LogP) is 3.76. The van der Waals surface area contributed by atoms with Crippen molar-refractivity contribution in [2.24, 2.45) is 10.9 Å². The number of nitrogens with zero attached hydrogens (tertiary/aromatic N) is 4. The third-order valence-electron chi connectivity index (χ3n) is 5.79. The topological polar surface area (TPSA) is 56.9 Å². The fraction of sp³-hybridized carbons (Fsp3) is 0.545. The number of guanidine groups is 1. The molecule has 0 bridgehead atoms. The summed E-state index contributed by atoms with van der Waals surface area (Å²) in [4.78, 5) is 14.1. The Morgan fingerprint density at radius 2 is 1.97 bits per heavy atom. The van der Waals surface area contributed by atoms with Gasteiger partial charge in [0.2, 0.25) is 5.89 Å². The van der Waals surface area contributed by atoms with Crippen LogP contribution in [0.25, 0.3) is 11.5 Å². The van der Waals surface area contributed by atoms with Gasteiger partial charge < -0.3 is 19.5 Å². The first-order valence-corrected chi connectivity index (χ1v) is 10.4. The van der Waals surface area contributed by atoms with Gasteiger partial charge >= 0.3 is 0 Å². The number of nitrogens with one attached hydrogen (secondary N) is 1. The maximum atomic E-state index is 5.66. The van der Waals surface area contributed by atoms with Gasteiger partial charge in [0.25, 0.3) is 0 Å². The summed E-state index contributed by atoms with van der Waals surface area (Å²) in [6.07, 6.45) is 5.71. The molecule has 1 N–H and O–H groups in total. The van der Waals surface area contributed by atoms with Crippen molar-refractivity contribution in [2.45, 2.75) is 32.7 Å². The zero-order chi connectivity index (χ0) is 19.3. The van der Waals surface area contributed by atoms with Crippen molar-refractivity contribution in [2.75, 3.05) is 39.8 Å². The van der Waals surface area contributed by atoms with Crippen molar-refractivity contribution < 1.29 is 4.42 Å². The van der Waals surface area contributed by atoms with Gasteiger partial charge in [-0.2, -0.15) is 0 Å². The van der Waals surface area contributed by atoms with E-state index in [1.807, 2.05) is 19.2 Å². The highest BCUT2D eigenvalue weighted by molar-refractivity contribution is 14.0. The standard InChI is InChI=1S/C22H31N5O.HI/c1-17-5-7-19(8-6-17)21-25-20(16-28-21)13-24-22(23-2)27-12-9-18(15-27)14-26-10-3-4-11-26;/h5-8,16,18H,3-4,9-15H2,1-2H3,(H,23,24);1H. The van der Waals surface area contributed by atoms with Gasteiger partial charge in [-0.15, -0.1) is 24.0 Å². The summed E-state index contributed by atoms with van der Waals surface area (Å²) < 4.78 is 5.66. The molecule has 29 heavy (non-hydrogen) atoms. The van der Waals surface area contributed by atoms with Crippen LogP contribution >= 0.6 is 24.0 Å². The average molecular weight is 509 g/mol. The molecular weight excluding hydrogens is 477 g/mol. The predicted molar refractivity (Wildman–Crippen MR) is 128 cm³/mol. The van der Waals surface area contributed by atoms with Crippen LogP contribution in [0.5, 0.6) is 0 Å². The van der Waals surface area contributed by atoms with Crippen LogP contribution in [-0.2, 0) is 6.54 Å². The van der Waals surface area contributed by atoms with Gasteiger partial charge in [0.15, 0.2) is 5.96 Å². The summed E-state index contributed by atoms with van der Waals surface area (Å²) in [5.74, 6) is 2.37. The van der Waals surface area contributed by atoms with Gasteiger partial charge in [-0.25, -0.2) is 4.98 Å². The van der Waals surface area contributed by atoms with Gasteiger partial charge in [0.1, 0.15) is 6.26 Å². The molecule has 6 nitrogen and oxygen atoms in total. The van der Waals surface area contributed by atoms with E-state index in [0.717, 1.165) is 36.2 Å². The number of aliphatic imine (C=N–C) groups is 1. The van der Waals surface area contributed by atoms with Gasteiger partial charge in [-0.1, -0.05) is 17.7 Å². The Morgan fingerprint density at radius 1 is 1.21 bits per heavy atom. The molecule has 2 aliphatic heterocycles. The molecule has 1 aromatic heterocycles. The molecule has 0 amide bonds. The van der Waals surface area contributed by atoms with E-state index in [9.17, 15) is 0 Å². The monoisotopic (exact) mass is 509 g/mol. The first kappa shape index (κ1) is 22.1. The molecule has 4 rings (SSSR count). The van der Waals surface area contributed by atoms with E-state index in [2.05, 4.69) is 44.1 Å². The van der Waals surface area contributed by atoms with E-state index in [1.165, 1.54) is 44.5 Å². The minimum atomic E-state index is 0. The van der Waals surface area contributed by atoms with E-state index >= 15 is 0 Å². The number of benzene rings is 1. The van der Waals surface area contributed by atoms with Crippen molar-refractivity contribution >= 4 is 29.9 Å². The molecule has 0 spiro atoms. The molecule has 158 valence electrons. The first-order chi connectivity index (χ1) is 13.7. The quantitative estimate of drug-likeness (QED) is 0.378. The Labute approximate surface area is 190 Å². The second-order valence-corrected chi connectivity index (χ2v) is 8.02. The van der Waals surface area contributed by atoms with E-state index in [4.69, 9.17) is 4.42 Å². The van der Waals surface area contributed by atoms with Gasteiger partial charge in [-0.3, -0.25) is 4.99 Å². The summed E-state index contributed by atoms with van der Waals surface area (Å²) in [5, 5.41) is 3.46. The fourth-order valence-electron chi connectivity index (χ4n) is 4.22. The normalized spacial score (nSPS) is 20.1. The lowest BCUT2D eigenvalue weighted by atomic mass is 10.1. The molecule has 0 aliphatic carbocycles. The zero-order valence-electron chi connectivity index (χ0n) is 17.4. The number of hydrogen-bond acceptors (Lipinski definition) is 4. The first-order valence-electron chi connectivity index (χ1n) is 10.4. The zero-order valence-corrected chi connectivity index (χ0v) is 19.8. The lowest BCUT2D eigenvalue weighted by molar-refractivity contribution is 0.281. The smallest absolute Gasteiger partial charge is 0.226 e. The highest BCUT2D eigenvalue weighted by Crippen LogP contribution is 2.21. The Hall–Kier alpha value is -1.61. The van der Waals surface area contributed by atoms with Crippen LogP contribution in [0.2, 0.25) is 0 Å². The Balaban J connectivity index is 0.00000240. The minimum absolute atomic E-state index is 0. The van der Waals surface area contributed by atoms with Crippen molar-refractivity contribution in [1.82, 2.24) is 20.1 Å². The Kier molecular flexibility index (Phi) is 7.94. The third-order valence-corrected chi connectivity index (χ3v) is 5.79. The van der Waals surface area contributed by atoms with Gasteiger partial charge in [0, 0.05) is 32.2 Å². The van der Waals surface area contributed by atoms with E-state index < -0.39 is 0 Å². The fourth-order valence-corrected chi connectivity index (χ4v) is 4.22. The van der Waals surface area contributed by atoms with Gasteiger partial charge in [0.05, 0.1) is 12.2 Å². The molecule has 2 aromatic rings. The SMILES string of the molecule is CN=C(NCc1coc(-c2ccc(C)cc2)n1)N1CCC(CN2CCCC2)C1.I. The molecule has 1 aromatic carbocycles. The summed E-state index contributed by atoms with van der Waals surface area (Å²) >= 11 is 0. The Morgan fingerprint density at radius 3 is 2.69 bits per heavy atom. The third kappa shape index (κ3) is 5.72. The van der Waals surface area contributed by atoms with Crippen LogP contribution in [0.3, 0.4) is 0 Å². The summed E-state index contributed by atoms with van der Waals surface area (Å²) in [6, 6.07) is 8.24. The van der Waals surface area contributed by atoms with Gasteiger partial charge in [-0.05, 0) is 57.3 Å². The molecule has 3 heterocycles. The number of hydrogen-bond donors (Lipinski definition) is 1. The molecule has 7 heteroatoms. The summed E-state index contributed by atoms with van der Waals surface area (Å²) in [5.41, 5.74) is 3.13. The minimum Gasteiger partial charge on any atom is -0.444 e. The maximum absolute atomic E-state index is 5.66. The van der Waals surface area contributed by atoms with Crippen molar-refractivity contribution in [3.63, 3.8) is 0 Å². The van der Waals surface area contributed by atoms with Crippen molar-refractivity contribution in [3.8, 4) is 11.5 Å². The number of aromatic nitrogens is 1. The number of likely N-dealkylation sites (tertiary alicyclic amines) is 2.